The van der Waals surface area contributed by atoms with Gasteiger partial charge in [-0.2, -0.15) is 0 Å². The molecule has 1 fully saturated rings. The molecule has 0 atom stereocenters. The number of rotatable bonds is 2. The third-order valence-electron chi connectivity index (χ3n) is 3.27. The van der Waals surface area contributed by atoms with E-state index in [-0.39, 0.29) is 17.5 Å². The van der Waals surface area contributed by atoms with E-state index in [0.29, 0.717) is 0 Å². The number of nitrogens with two attached hydrogens (primary N) is 1. The monoisotopic (exact) mass is 240 g/mol. The average Bonchev–Trinajstić information content (AvgIpc) is 2.21. The van der Waals surface area contributed by atoms with Crippen molar-refractivity contribution in [2.45, 2.75) is 25.3 Å². The van der Waals surface area contributed by atoms with E-state index in [1.807, 2.05) is 0 Å². The van der Waals surface area contributed by atoms with Gasteiger partial charge in [0.15, 0.2) is 0 Å². The molecule has 0 radical (unpaired) electrons. The Labute approximate surface area is 98.2 Å². The number of nitrogens with zero attached hydrogens (tertiary/aromatic N) is 1. The van der Waals surface area contributed by atoms with Crippen molar-refractivity contribution in [3.05, 3.63) is 29.3 Å². The molecule has 1 aromatic rings. The van der Waals surface area contributed by atoms with Crippen LogP contribution in [0.5, 0.6) is 0 Å². The minimum Gasteiger partial charge on any atom is -0.394 e. The number of anilines is 1. The second kappa shape index (κ2) is 4.31. The summed E-state index contributed by atoms with van der Waals surface area (Å²) in [7, 11) is 1.65. The van der Waals surface area contributed by atoms with Gasteiger partial charge in [-0.15, -0.1) is 0 Å². The second-order valence-electron chi connectivity index (χ2n) is 4.35. The van der Waals surface area contributed by atoms with Gasteiger partial charge in [-0.25, -0.2) is 8.78 Å². The van der Waals surface area contributed by atoms with E-state index in [4.69, 9.17) is 5.73 Å². The first-order valence-corrected chi connectivity index (χ1v) is 5.52. The fourth-order valence-electron chi connectivity index (χ4n) is 1.85. The normalized spacial score (nSPS) is 15.5. The Kier molecular flexibility index (Phi) is 3.00. The summed E-state index contributed by atoms with van der Waals surface area (Å²) in [5.41, 5.74) is 4.60. The Morgan fingerprint density at radius 1 is 1.35 bits per heavy atom. The molecule has 0 spiro atoms. The summed E-state index contributed by atoms with van der Waals surface area (Å²) in [5.74, 6) is -2.15. The van der Waals surface area contributed by atoms with Gasteiger partial charge in [0.1, 0.15) is 17.3 Å². The van der Waals surface area contributed by atoms with Gasteiger partial charge in [0.05, 0.1) is 0 Å². The van der Waals surface area contributed by atoms with Crippen LogP contribution in [-0.4, -0.2) is 23.9 Å². The molecule has 1 saturated carbocycles. The van der Waals surface area contributed by atoms with Crippen molar-refractivity contribution in [2.75, 3.05) is 12.8 Å². The topological polar surface area (TPSA) is 46.3 Å². The van der Waals surface area contributed by atoms with Crippen molar-refractivity contribution in [1.29, 1.82) is 0 Å². The Hall–Kier alpha value is -1.65. The predicted molar refractivity (Wildman–Crippen MR) is 60.5 cm³/mol. The van der Waals surface area contributed by atoms with Gasteiger partial charge < -0.3 is 10.6 Å². The minimum atomic E-state index is -0.893. The van der Waals surface area contributed by atoms with E-state index in [9.17, 15) is 13.6 Å². The summed E-state index contributed by atoms with van der Waals surface area (Å²) in [6.45, 7) is 0. The average molecular weight is 240 g/mol. The molecule has 0 heterocycles. The molecule has 0 saturated heterocycles. The van der Waals surface area contributed by atoms with Crippen LogP contribution in [0, 0.1) is 11.6 Å². The minimum absolute atomic E-state index is 0.00333. The van der Waals surface area contributed by atoms with Crippen LogP contribution in [-0.2, 0) is 0 Å². The van der Waals surface area contributed by atoms with Crippen molar-refractivity contribution in [2.24, 2.45) is 0 Å². The lowest BCUT2D eigenvalue weighted by Crippen LogP contribution is -2.41. The third kappa shape index (κ3) is 2.09. The number of hydrogen-bond donors (Lipinski definition) is 1. The lowest BCUT2D eigenvalue weighted by atomic mass is 9.91. The van der Waals surface area contributed by atoms with Crippen LogP contribution in [0.25, 0.3) is 0 Å². The summed E-state index contributed by atoms with van der Waals surface area (Å²) in [4.78, 5) is 13.5. The van der Waals surface area contributed by atoms with Crippen molar-refractivity contribution in [1.82, 2.24) is 4.90 Å². The molecule has 1 aromatic carbocycles. The van der Waals surface area contributed by atoms with Crippen molar-refractivity contribution >= 4 is 11.6 Å². The Balaban J connectivity index is 2.24. The number of carbonyl (C=O) groups excluding carboxylic acids is 1. The molecule has 92 valence electrons. The zero-order valence-corrected chi connectivity index (χ0v) is 9.54. The smallest absolute Gasteiger partial charge is 0.254 e. The molecule has 3 nitrogen and oxygen atoms in total. The summed E-state index contributed by atoms with van der Waals surface area (Å²) in [6.07, 6.45) is 2.98. The SMILES string of the molecule is CN(C(=O)c1cc(F)c(N)c(F)c1)C1CCC1. The molecule has 5 heteroatoms. The summed E-state index contributed by atoms with van der Waals surface area (Å²) < 4.78 is 26.5. The van der Waals surface area contributed by atoms with Gasteiger partial charge in [-0.3, -0.25) is 4.79 Å². The summed E-state index contributed by atoms with van der Waals surface area (Å²) in [5, 5.41) is 0. The van der Waals surface area contributed by atoms with Crippen LogP contribution in [0.3, 0.4) is 0 Å². The number of carbonyl (C=O) groups is 1. The quantitative estimate of drug-likeness (QED) is 0.805. The Morgan fingerprint density at radius 2 is 1.88 bits per heavy atom. The highest BCUT2D eigenvalue weighted by Crippen LogP contribution is 2.26. The molecule has 2 N–H and O–H groups in total. The lowest BCUT2D eigenvalue weighted by molar-refractivity contribution is 0.0651. The van der Waals surface area contributed by atoms with Gasteiger partial charge >= 0.3 is 0 Å². The largest absolute Gasteiger partial charge is 0.394 e. The number of nitrogen functional groups attached to an aromatic ring is 1. The van der Waals surface area contributed by atoms with Crippen LogP contribution in [0.2, 0.25) is 0 Å². The summed E-state index contributed by atoms with van der Waals surface area (Å²) >= 11 is 0. The maximum atomic E-state index is 13.2. The molecule has 0 aromatic heterocycles. The van der Waals surface area contributed by atoms with E-state index in [0.717, 1.165) is 31.4 Å². The molecule has 0 bridgehead atoms. The molecule has 1 aliphatic carbocycles. The first-order chi connectivity index (χ1) is 8.00. The molecule has 2 rings (SSSR count). The van der Waals surface area contributed by atoms with Crippen molar-refractivity contribution < 1.29 is 13.6 Å². The Morgan fingerprint density at radius 3 is 2.29 bits per heavy atom. The van der Waals surface area contributed by atoms with Gasteiger partial charge in [0.2, 0.25) is 0 Å². The van der Waals surface area contributed by atoms with Gasteiger partial charge in [0, 0.05) is 18.7 Å². The molecular weight excluding hydrogens is 226 g/mol. The highest BCUT2D eigenvalue weighted by molar-refractivity contribution is 5.94. The van der Waals surface area contributed by atoms with E-state index in [1.54, 1.807) is 7.05 Å². The fraction of sp³-hybridized carbons (Fsp3) is 0.417. The first-order valence-electron chi connectivity index (χ1n) is 5.52. The summed E-state index contributed by atoms with van der Waals surface area (Å²) in [6, 6.07) is 2.15. The van der Waals surface area contributed by atoms with Crippen LogP contribution >= 0.6 is 0 Å². The highest BCUT2D eigenvalue weighted by Gasteiger charge is 2.27. The van der Waals surface area contributed by atoms with Gasteiger partial charge in [-0.05, 0) is 31.4 Å². The third-order valence-corrected chi connectivity index (χ3v) is 3.27. The van der Waals surface area contributed by atoms with E-state index >= 15 is 0 Å². The number of hydrogen-bond acceptors (Lipinski definition) is 2. The Bertz CT molecular complexity index is 435. The first kappa shape index (κ1) is 11.8. The lowest BCUT2D eigenvalue weighted by Gasteiger charge is -2.34. The molecule has 1 aliphatic rings. The van der Waals surface area contributed by atoms with Crippen molar-refractivity contribution in [3.8, 4) is 0 Å². The number of halogens is 2. The van der Waals surface area contributed by atoms with Gasteiger partial charge in [-0.1, -0.05) is 0 Å². The predicted octanol–water partition coefficient (Wildman–Crippen LogP) is 2.17. The van der Waals surface area contributed by atoms with Crippen molar-refractivity contribution in [3.63, 3.8) is 0 Å². The standard InChI is InChI=1S/C12H14F2N2O/c1-16(8-3-2-4-8)12(17)7-5-9(13)11(15)10(14)6-7/h5-6,8H,2-4,15H2,1H3. The van der Waals surface area contributed by atoms with Gasteiger partial charge in [0.25, 0.3) is 5.91 Å². The highest BCUT2D eigenvalue weighted by atomic mass is 19.1. The van der Waals surface area contributed by atoms with E-state index < -0.39 is 17.3 Å². The van der Waals surface area contributed by atoms with Crippen LogP contribution in [0.15, 0.2) is 12.1 Å². The van der Waals surface area contributed by atoms with Crippen LogP contribution in [0.1, 0.15) is 29.6 Å². The molecular formula is C12H14F2N2O. The second-order valence-corrected chi connectivity index (χ2v) is 4.35. The molecule has 0 aliphatic heterocycles. The molecule has 0 unspecified atom stereocenters. The number of benzene rings is 1. The zero-order chi connectivity index (χ0) is 12.6. The zero-order valence-electron chi connectivity index (χ0n) is 9.54. The number of amides is 1. The maximum absolute atomic E-state index is 13.2. The molecule has 17 heavy (non-hydrogen) atoms. The van der Waals surface area contributed by atoms with Crippen LogP contribution < -0.4 is 5.73 Å². The van der Waals surface area contributed by atoms with E-state index in [2.05, 4.69) is 0 Å². The molecule has 1 amide bonds. The van der Waals surface area contributed by atoms with Crippen LogP contribution in [0.4, 0.5) is 14.5 Å². The fourth-order valence-corrected chi connectivity index (χ4v) is 1.85. The maximum Gasteiger partial charge on any atom is 0.254 e. The van der Waals surface area contributed by atoms with E-state index in [1.165, 1.54) is 4.90 Å².